The summed E-state index contributed by atoms with van der Waals surface area (Å²) < 4.78 is 85.6. The molecule has 0 N–H and O–H groups in total. The third kappa shape index (κ3) is 6.61. The van der Waals surface area contributed by atoms with Crippen molar-refractivity contribution in [2.75, 3.05) is 12.4 Å². The first-order chi connectivity index (χ1) is 15.3. The molecule has 1 aliphatic rings. The second-order valence-electron chi connectivity index (χ2n) is 8.10. The summed E-state index contributed by atoms with van der Waals surface area (Å²) >= 11 is 0. The minimum Gasteiger partial charge on any atom is -0.748 e. The minimum atomic E-state index is -4.99. The fourth-order valence-electron chi connectivity index (χ4n) is 3.88. The highest BCUT2D eigenvalue weighted by Gasteiger charge is 2.39. The molecule has 0 amide bonds. The van der Waals surface area contributed by atoms with Gasteiger partial charge in [0.15, 0.2) is 11.5 Å². The van der Waals surface area contributed by atoms with Gasteiger partial charge in [-0.25, -0.2) is 13.2 Å². The summed E-state index contributed by atoms with van der Waals surface area (Å²) in [6, 6.07) is 10.7. The van der Waals surface area contributed by atoms with Crippen LogP contribution in [-0.4, -0.2) is 43.3 Å². The molecule has 11 heteroatoms. The summed E-state index contributed by atoms with van der Waals surface area (Å²) in [5, 5.41) is 0. The quantitative estimate of drug-likeness (QED) is 0.407. The molecule has 0 radical (unpaired) electrons. The van der Waals surface area contributed by atoms with E-state index in [1.165, 1.54) is 0 Å². The van der Waals surface area contributed by atoms with Crippen molar-refractivity contribution in [1.82, 2.24) is 0 Å². The second kappa shape index (κ2) is 9.22. The van der Waals surface area contributed by atoms with E-state index in [9.17, 15) is 30.9 Å². The molecular formula is C22H22F3O7S-. The van der Waals surface area contributed by atoms with Crippen molar-refractivity contribution >= 4 is 16.1 Å². The number of rotatable bonds is 8. The standard InChI is InChI=1S/C22H23F3O7S/c1-21(2,17-9-7-14-5-3-4-6-16(14)17)31-19-13-15(8-10-18(19)32-22(23,24)25)20(26)30-11-12-33(27,28)29/h3-6,8,10,13,17H,7,9,11-12H2,1-2H3,(H,27,28,29)/p-1. The van der Waals surface area contributed by atoms with Crippen LogP contribution in [0, 0.1) is 0 Å². The zero-order valence-corrected chi connectivity index (χ0v) is 18.7. The van der Waals surface area contributed by atoms with Gasteiger partial charge in [-0.05, 0) is 56.0 Å². The second-order valence-corrected chi connectivity index (χ2v) is 9.63. The van der Waals surface area contributed by atoms with E-state index in [2.05, 4.69) is 4.74 Å². The highest BCUT2D eigenvalue weighted by atomic mass is 32.2. The van der Waals surface area contributed by atoms with Gasteiger partial charge < -0.3 is 18.8 Å². The Hall–Kier alpha value is -2.79. The average molecular weight is 487 g/mol. The first kappa shape index (κ1) is 24.8. The van der Waals surface area contributed by atoms with Gasteiger partial charge in [-0.1, -0.05) is 24.3 Å². The lowest BCUT2D eigenvalue weighted by Gasteiger charge is -2.34. The van der Waals surface area contributed by atoms with E-state index in [1.54, 1.807) is 13.8 Å². The molecule has 2 aromatic rings. The normalized spacial score (nSPS) is 16.2. The average Bonchev–Trinajstić information content (AvgIpc) is 3.12. The Morgan fingerprint density at radius 3 is 2.45 bits per heavy atom. The maximum atomic E-state index is 12.9. The summed E-state index contributed by atoms with van der Waals surface area (Å²) in [4.78, 5) is 12.2. The van der Waals surface area contributed by atoms with E-state index in [1.807, 2.05) is 24.3 Å². The molecule has 0 saturated heterocycles. The van der Waals surface area contributed by atoms with E-state index in [0.717, 1.165) is 42.2 Å². The largest absolute Gasteiger partial charge is 0.748 e. The zero-order valence-electron chi connectivity index (χ0n) is 17.8. The van der Waals surface area contributed by atoms with Crippen LogP contribution in [0.2, 0.25) is 0 Å². The summed E-state index contributed by atoms with van der Waals surface area (Å²) in [6.07, 6.45) is -3.46. The molecular weight excluding hydrogens is 465 g/mol. The van der Waals surface area contributed by atoms with Gasteiger partial charge in [0.05, 0.1) is 21.4 Å². The Bertz CT molecular complexity index is 1130. The smallest absolute Gasteiger partial charge is 0.573 e. The van der Waals surface area contributed by atoms with Crippen LogP contribution < -0.4 is 9.47 Å². The molecule has 0 aromatic heterocycles. The first-order valence-electron chi connectivity index (χ1n) is 10.0. The Morgan fingerprint density at radius 2 is 1.79 bits per heavy atom. The van der Waals surface area contributed by atoms with Crippen LogP contribution in [0.4, 0.5) is 13.2 Å². The number of halogens is 3. The van der Waals surface area contributed by atoms with E-state index in [-0.39, 0.29) is 17.2 Å². The molecule has 1 unspecified atom stereocenters. The van der Waals surface area contributed by atoms with Crippen LogP contribution in [0.5, 0.6) is 11.5 Å². The number of carbonyl (C=O) groups excluding carboxylic acids is 1. The fraction of sp³-hybridized carbons (Fsp3) is 0.409. The van der Waals surface area contributed by atoms with Crippen molar-refractivity contribution in [3.05, 3.63) is 59.2 Å². The Balaban J connectivity index is 1.87. The number of alkyl halides is 3. The van der Waals surface area contributed by atoms with Crippen LogP contribution in [0.15, 0.2) is 42.5 Å². The van der Waals surface area contributed by atoms with Gasteiger partial charge in [-0.3, -0.25) is 0 Å². The highest BCUT2D eigenvalue weighted by Crippen LogP contribution is 2.44. The monoisotopic (exact) mass is 487 g/mol. The molecule has 1 aliphatic carbocycles. The first-order valence-corrected chi connectivity index (χ1v) is 11.6. The lowest BCUT2D eigenvalue weighted by molar-refractivity contribution is -0.275. The van der Waals surface area contributed by atoms with E-state index in [0.29, 0.717) is 0 Å². The molecule has 0 fully saturated rings. The van der Waals surface area contributed by atoms with Crippen LogP contribution in [0.1, 0.15) is 47.7 Å². The Morgan fingerprint density at radius 1 is 1.09 bits per heavy atom. The molecule has 0 heterocycles. The molecule has 180 valence electrons. The van der Waals surface area contributed by atoms with Crippen molar-refractivity contribution in [2.24, 2.45) is 0 Å². The number of benzene rings is 2. The third-order valence-electron chi connectivity index (χ3n) is 5.32. The predicted molar refractivity (Wildman–Crippen MR) is 110 cm³/mol. The Kier molecular flexibility index (Phi) is 6.94. The molecule has 7 nitrogen and oxygen atoms in total. The summed E-state index contributed by atoms with van der Waals surface area (Å²) in [5.41, 5.74) is 1.02. The van der Waals surface area contributed by atoms with Gasteiger partial charge in [0, 0.05) is 5.92 Å². The zero-order chi connectivity index (χ0) is 24.4. The Labute approximate surface area is 189 Å². The number of fused-ring (bicyclic) bond motifs is 1. The van der Waals surface area contributed by atoms with Gasteiger partial charge in [0.1, 0.15) is 12.2 Å². The number of hydrogen-bond acceptors (Lipinski definition) is 7. The van der Waals surface area contributed by atoms with E-state index >= 15 is 0 Å². The van der Waals surface area contributed by atoms with Gasteiger partial charge in [-0.15, -0.1) is 13.2 Å². The van der Waals surface area contributed by atoms with E-state index < -0.39 is 46.2 Å². The fourth-order valence-corrected chi connectivity index (χ4v) is 4.16. The lowest BCUT2D eigenvalue weighted by atomic mass is 9.85. The molecule has 1 atom stereocenters. The number of aryl methyl sites for hydroxylation is 1. The topological polar surface area (TPSA) is 102 Å². The van der Waals surface area contributed by atoms with Gasteiger partial charge in [0.2, 0.25) is 0 Å². The van der Waals surface area contributed by atoms with Gasteiger partial charge in [-0.2, -0.15) is 0 Å². The van der Waals surface area contributed by atoms with Crippen LogP contribution in [-0.2, 0) is 21.3 Å². The van der Waals surface area contributed by atoms with Gasteiger partial charge in [0.25, 0.3) is 0 Å². The maximum Gasteiger partial charge on any atom is 0.573 e. The maximum absolute atomic E-state index is 12.9. The SMILES string of the molecule is CC(C)(Oc1cc(C(=O)OCCS(=O)(=O)[O-])ccc1OC(F)(F)F)C1CCc2ccccc21. The molecule has 0 aliphatic heterocycles. The molecule has 33 heavy (non-hydrogen) atoms. The number of esters is 1. The molecule has 0 spiro atoms. The summed E-state index contributed by atoms with van der Waals surface area (Å²) in [6.45, 7) is 2.79. The number of hydrogen-bond donors (Lipinski definition) is 0. The van der Waals surface area contributed by atoms with Crippen LogP contribution >= 0.6 is 0 Å². The van der Waals surface area contributed by atoms with Crippen LogP contribution in [0.3, 0.4) is 0 Å². The van der Waals surface area contributed by atoms with Crippen molar-refractivity contribution in [3.8, 4) is 11.5 Å². The van der Waals surface area contributed by atoms with Gasteiger partial charge >= 0.3 is 12.3 Å². The van der Waals surface area contributed by atoms with Crippen molar-refractivity contribution in [3.63, 3.8) is 0 Å². The number of carbonyl (C=O) groups is 1. The summed E-state index contributed by atoms with van der Waals surface area (Å²) in [7, 11) is -4.59. The number of ether oxygens (including phenoxy) is 3. The predicted octanol–water partition coefficient (Wildman–Crippen LogP) is 4.17. The minimum absolute atomic E-state index is 0.120. The highest BCUT2D eigenvalue weighted by molar-refractivity contribution is 7.85. The molecule has 0 saturated carbocycles. The third-order valence-corrected chi connectivity index (χ3v) is 5.98. The van der Waals surface area contributed by atoms with Crippen LogP contribution in [0.25, 0.3) is 0 Å². The molecule has 2 aromatic carbocycles. The molecule has 3 rings (SSSR count). The van der Waals surface area contributed by atoms with Crippen molar-refractivity contribution in [2.45, 2.75) is 44.6 Å². The van der Waals surface area contributed by atoms with Crippen molar-refractivity contribution < 1.29 is 45.1 Å². The van der Waals surface area contributed by atoms with E-state index in [4.69, 9.17) is 9.47 Å². The molecule has 0 bridgehead atoms. The van der Waals surface area contributed by atoms with Crippen molar-refractivity contribution in [1.29, 1.82) is 0 Å². The summed E-state index contributed by atoms with van der Waals surface area (Å²) in [5.74, 6) is -3.03. The lowest BCUT2D eigenvalue weighted by Crippen LogP contribution is -2.35.